The van der Waals surface area contributed by atoms with Crippen LogP contribution in [-0.2, 0) is 12.3 Å². The van der Waals surface area contributed by atoms with Crippen molar-refractivity contribution >= 4 is 22.8 Å². The number of para-hydroxylation sites is 2. The Morgan fingerprint density at radius 2 is 2.05 bits per heavy atom. The van der Waals surface area contributed by atoms with Gasteiger partial charge in [-0.3, -0.25) is 0 Å². The molecule has 102 valence electrons. The molecular formula is C15H14FN3S. The lowest BCUT2D eigenvalue weighted by Crippen LogP contribution is -1.98. The number of H-pyrrole nitrogens is 1. The zero-order chi connectivity index (χ0) is 13.9. The highest BCUT2D eigenvalue weighted by molar-refractivity contribution is 7.98. The summed E-state index contributed by atoms with van der Waals surface area (Å²) in [7, 11) is 0. The average Bonchev–Trinajstić information content (AvgIpc) is 2.89. The van der Waals surface area contributed by atoms with Gasteiger partial charge < -0.3 is 10.7 Å². The van der Waals surface area contributed by atoms with E-state index in [1.165, 1.54) is 17.8 Å². The van der Waals surface area contributed by atoms with Gasteiger partial charge in [-0.1, -0.05) is 36.0 Å². The van der Waals surface area contributed by atoms with Gasteiger partial charge in [0, 0.05) is 12.3 Å². The van der Waals surface area contributed by atoms with E-state index in [2.05, 4.69) is 9.97 Å². The summed E-state index contributed by atoms with van der Waals surface area (Å²) in [4.78, 5) is 7.68. The number of benzene rings is 2. The van der Waals surface area contributed by atoms with Crippen molar-refractivity contribution in [3.63, 3.8) is 0 Å². The first-order chi connectivity index (χ1) is 9.76. The molecule has 0 aliphatic carbocycles. The van der Waals surface area contributed by atoms with Crippen LogP contribution in [0.1, 0.15) is 11.1 Å². The molecule has 0 saturated carbocycles. The van der Waals surface area contributed by atoms with Gasteiger partial charge in [0.15, 0.2) is 5.16 Å². The van der Waals surface area contributed by atoms with Gasteiger partial charge in [0.2, 0.25) is 0 Å². The van der Waals surface area contributed by atoms with Crippen molar-refractivity contribution in [2.75, 3.05) is 0 Å². The molecule has 3 nitrogen and oxygen atoms in total. The molecule has 3 aromatic rings. The maximum Gasteiger partial charge on any atom is 0.166 e. The quantitative estimate of drug-likeness (QED) is 0.723. The fourth-order valence-electron chi connectivity index (χ4n) is 2.01. The summed E-state index contributed by atoms with van der Waals surface area (Å²) < 4.78 is 13.7. The van der Waals surface area contributed by atoms with E-state index in [0.29, 0.717) is 17.9 Å². The van der Waals surface area contributed by atoms with Crippen LogP contribution in [-0.4, -0.2) is 9.97 Å². The molecule has 0 saturated heterocycles. The van der Waals surface area contributed by atoms with Crippen molar-refractivity contribution in [3.8, 4) is 0 Å². The first-order valence-corrected chi connectivity index (χ1v) is 7.30. The van der Waals surface area contributed by atoms with Gasteiger partial charge in [-0.2, -0.15) is 0 Å². The topological polar surface area (TPSA) is 54.7 Å². The van der Waals surface area contributed by atoms with Gasteiger partial charge >= 0.3 is 0 Å². The van der Waals surface area contributed by atoms with Crippen LogP contribution < -0.4 is 5.73 Å². The minimum atomic E-state index is -0.203. The molecule has 0 aliphatic rings. The van der Waals surface area contributed by atoms with Crippen molar-refractivity contribution in [2.45, 2.75) is 17.5 Å². The van der Waals surface area contributed by atoms with E-state index in [0.717, 1.165) is 21.8 Å². The van der Waals surface area contributed by atoms with Crippen LogP contribution in [0.15, 0.2) is 47.6 Å². The number of nitrogens with two attached hydrogens (primary N) is 1. The Labute approximate surface area is 120 Å². The van der Waals surface area contributed by atoms with Gasteiger partial charge in [0.25, 0.3) is 0 Å². The van der Waals surface area contributed by atoms with E-state index >= 15 is 0 Å². The fourth-order valence-corrected chi connectivity index (χ4v) is 2.87. The molecule has 0 radical (unpaired) electrons. The standard InChI is InChI=1S/C15H14FN3S/c16-12-6-5-10(8-17)7-11(12)9-20-15-18-13-3-1-2-4-14(13)19-15/h1-7H,8-9,17H2,(H,18,19). The summed E-state index contributed by atoms with van der Waals surface area (Å²) in [5.41, 5.74) is 9.08. The van der Waals surface area contributed by atoms with Gasteiger partial charge in [0.1, 0.15) is 5.82 Å². The molecule has 3 rings (SSSR count). The van der Waals surface area contributed by atoms with Gasteiger partial charge in [-0.15, -0.1) is 0 Å². The number of imidazole rings is 1. The second-order valence-corrected chi connectivity index (χ2v) is 5.44. The van der Waals surface area contributed by atoms with Gasteiger partial charge in [-0.05, 0) is 29.3 Å². The second-order valence-electron chi connectivity index (χ2n) is 4.48. The van der Waals surface area contributed by atoms with Crippen molar-refractivity contribution in [1.82, 2.24) is 9.97 Å². The molecule has 2 aromatic carbocycles. The van der Waals surface area contributed by atoms with Crippen LogP contribution in [0.5, 0.6) is 0 Å². The number of aromatic nitrogens is 2. The van der Waals surface area contributed by atoms with Crippen LogP contribution in [0.25, 0.3) is 11.0 Å². The Bertz CT molecular complexity index is 706. The van der Waals surface area contributed by atoms with E-state index in [-0.39, 0.29) is 5.82 Å². The van der Waals surface area contributed by atoms with Crippen LogP contribution in [0, 0.1) is 5.82 Å². The summed E-state index contributed by atoms with van der Waals surface area (Å²) >= 11 is 1.49. The molecular weight excluding hydrogens is 273 g/mol. The smallest absolute Gasteiger partial charge is 0.166 e. The number of rotatable bonds is 4. The number of thioether (sulfide) groups is 1. The maximum atomic E-state index is 13.7. The van der Waals surface area contributed by atoms with E-state index in [9.17, 15) is 4.39 Å². The summed E-state index contributed by atoms with van der Waals surface area (Å²) in [6.07, 6.45) is 0. The van der Waals surface area contributed by atoms with E-state index in [1.54, 1.807) is 6.07 Å². The maximum absolute atomic E-state index is 13.7. The van der Waals surface area contributed by atoms with Gasteiger partial charge in [0.05, 0.1) is 11.0 Å². The highest BCUT2D eigenvalue weighted by Gasteiger charge is 2.07. The van der Waals surface area contributed by atoms with Crippen LogP contribution >= 0.6 is 11.8 Å². The van der Waals surface area contributed by atoms with E-state index in [4.69, 9.17) is 5.73 Å². The van der Waals surface area contributed by atoms with E-state index < -0.39 is 0 Å². The Hall–Kier alpha value is -1.85. The molecule has 5 heteroatoms. The molecule has 0 amide bonds. The summed E-state index contributed by atoms with van der Waals surface area (Å²) in [6.45, 7) is 0.419. The normalized spacial score (nSPS) is 11.1. The number of nitrogens with zero attached hydrogens (tertiary/aromatic N) is 1. The third-order valence-corrected chi connectivity index (χ3v) is 4.00. The third kappa shape index (κ3) is 2.69. The average molecular weight is 287 g/mol. The van der Waals surface area contributed by atoms with Crippen LogP contribution in [0.3, 0.4) is 0 Å². The molecule has 0 fully saturated rings. The molecule has 20 heavy (non-hydrogen) atoms. The first kappa shape index (κ1) is 13.1. The minimum absolute atomic E-state index is 0.203. The summed E-state index contributed by atoms with van der Waals surface area (Å²) in [5, 5.41) is 0.795. The SMILES string of the molecule is NCc1ccc(F)c(CSc2nc3ccccc3[nH]2)c1. The molecule has 1 heterocycles. The largest absolute Gasteiger partial charge is 0.333 e. The molecule has 0 aliphatic heterocycles. The zero-order valence-electron chi connectivity index (χ0n) is 10.8. The number of nitrogens with one attached hydrogen (secondary N) is 1. The number of hydrogen-bond acceptors (Lipinski definition) is 3. The van der Waals surface area contributed by atoms with Crippen molar-refractivity contribution in [2.24, 2.45) is 5.73 Å². The number of halogens is 1. The minimum Gasteiger partial charge on any atom is -0.333 e. The summed E-state index contributed by atoms with van der Waals surface area (Å²) in [6, 6.07) is 12.8. The second kappa shape index (κ2) is 5.64. The first-order valence-electron chi connectivity index (χ1n) is 6.31. The molecule has 0 bridgehead atoms. The fraction of sp³-hybridized carbons (Fsp3) is 0.133. The van der Waals surface area contributed by atoms with Crippen molar-refractivity contribution in [3.05, 3.63) is 59.4 Å². The summed E-state index contributed by atoms with van der Waals surface area (Å²) in [5.74, 6) is 0.324. The Kier molecular flexibility index (Phi) is 3.71. The van der Waals surface area contributed by atoms with E-state index in [1.807, 2.05) is 30.3 Å². The number of hydrogen-bond donors (Lipinski definition) is 2. The van der Waals surface area contributed by atoms with Gasteiger partial charge in [-0.25, -0.2) is 9.37 Å². The molecule has 3 N–H and O–H groups in total. The lowest BCUT2D eigenvalue weighted by molar-refractivity contribution is 0.616. The molecule has 0 atom stereocenters. The third-order valence-electron chi connectivity index (χ3n) is 3.08. The Balaban J connectivity index is 1.79. The zero-order valence-corrected chi connectivity index (χ0v) is 11.6. The highest BCUT2D eigenvalue weighted by Crippen LogP contribution is 2.24. The highest BCUT2D eigenvalue weighted by atomic mass is 32.2. The van der Waals surface area contributed by atoms with Crippen molar-refractivity contribution in [1.29, 1.82) is 0 Å². The predicted molar refractivity (Wildman–Crippen MR) is 79.9 cm³/mol. The number of fused-ring (bicyclic) bond motifs is 1. The van der Waals surface area contributed by atoms with Crippen LogP contribution in [0.2, 0.25) is 0 Å². The Morgan fingerprint density at radius 1 is 1.20 bits per heavy atom. The molecule has 0 unspecified atom stereocenters. The van der Waals surface area contributed by atoms with Crippen LogP contribution in [0.4, 0.5) is 4.39 Å². The molecule has 0 spiro atoms. The monoisotopic (exact) mass is 287 g/mol. The lowest BCUT2D eigenvalue weighted by Gasteiger charge is -2.04. The lowest BCUT2D eigenvalue weighted by atomic mass is 10.1. The number of aromatic amines is 1. The Morgan fingerprint density at radius 3 is 2.85 bits per heavy atom. The van der Waals surface area contributed by atoms with Crippen molar-refractivity contribution < 1.29 is 4.39 Å². The predicted octanol–water partition coefficient (Wildman–Crippen LogP) is 3.45. The molecule has 1 aromatic heterocycles.